The van der Waals surface area contributed by atoms with Crippen LogP contribution < -0.4 is 11.3 Å². The van der Waals surface area contributed by atoms with Gasteiger partial charge in [0.1, 0.15) is 5.82 Å². The lowest BCUT2D eigenvalue weighted by Crippen LogP contribution is -2.06. The predicted molar refractivity (Wildman–Crippen MR) is 53.2 cm³/mol. The summed E-state index contributed by atoms with van der Waals surface area (Å²) in [5, 5.41) is 0.280. The van der Waals surface area contributed by atoms with Crippen molar-refractivity contribution >= 4 is 29.7 Å². The molecule has 0 aliphatic heterocycles. The number of nitrogens with one attached hydrogen (secondary N) is 1. The van der Waals surface area contributed by atoms with Crippen LogP contribution in [0.1, 0.15) is 7.43 Å². The van der Waals surface area contributed by atoms with Gasteiger partial charge in [-0.05, 0) is 18.2 Å². The Balaban J connectivity index is 0. The maximum absolute atomic E-state index is 12.3. The van der Waals surface area contributed by atoms with Gasteiger partial charge in [-0.2, -0.15) is 0 Å². The Kier molecular flexibility index (Phi) is 7.09. The van der Waals surface area contributed by atoms with Gasteiger partial charge >= 0.3 is 0 Å². The maximum atomic E-state index is 12.3. The van der Waals surface area contributed by atoms with Crippen molar-refractivity contribution in [1.29, 1.82) is 0 Å². The van der Waals surface area contributed by atoms with Crippen molar-refractivity contribution in [3.63, 3.8) is 0 Å². The second-order valence-corrected chi connectivity index (χ2v) is 2.18. The predicted octanol–water partition coefficient (Wildman–Crippen LogP) is 2.82. The number of rotatable bonds is 1. The number of hydrogen-bond donors (Lipinski definition) is 2. The van der Waals surface area contributed by atoms with Crippen molar-refractivity contribution in [2.24, 2.45) is 5.84 Å². The van der Waals surface area contributed by atoms with Gasteiger partial charge in [0.05, 0.1) is 10.7 Å². The Morgan fingerprint density at radius 2 is 2.00 bits per heavy atom. The highest BCUT2D eigenvalue weighted by atomic mass is 35.5. The van der Waals surface area contributed by atoms with Crippen LogP contribution in [-0.4, -0.2) is 0 Å². The fourth-order valence-corrected chi connectivity index (χ4v) is 0.828. The van der Waals surface area contributed by atoms with Crippen LogP contribution in [0.2, 0.25) is 5.02 Å². The number of nitrogen functional groups attached to an aromatic ring is 1. The van der Waals surface area contributed by atoms with E-state index in [0.717, 1.165) is 0 Å². The topological polar surface area (TPSA) is 38.0 Å². The smallest absolute Gasteiger partial charge is 0.124 e. The fourth-order valence-electron chi connectivity index (χ4n) is 0.607. The summed E-state index contributed by atoms with van der Waals surface area (Å²) in [6, 6.07) is 3.94. The zero-order chi connectivity index (χ0) is 7.56. The number of benzene rings is 1. The third-order valence-electron chi connectivity index (χ3n) is 1.09. The molecule has 0 aliphatic rings. The summed E-state index contributed by atoms with van der Waals surface area (Å²) in [6.45, 7) is 0. The lowest BCUT2D eigenvalue weighted by molar-refractivity contribution is 0.628. The minimum atomic E-state index is -0.371. The van der Waals surface area contributed by atoms with E-state index >= 15 is 0 Å². The van der Waals surface area contributed by atoms with Gasteiger partial charge in [0.25, 0.3) is 0 Å². The molecule has 0 amide bonds. The molecule has 0 spiro atoms. The second kappa shape index (κ2) is 6.06. The highest BCUT2D eigenvalue weighted by Crippen LogP contribution is 2.20. The van der Waals surface area contributed by atoms with Gasteiger partial charge in [0.15, 0.2) is 0 Å². The highest BCUT2D eigenvalue weighted by Gasteiger charge is 1.97. The van der Waals surface area contributed by atoms with E-state index in [9.17, 15) is 4.39 Å². The molecule has 12 heavy (non-hydrogen) atoms. The first-order valence-corrected chi connectivity index (χ1v) is 3.03. The first-order chi connectivity index (χ1) is 4.74. The Morgan fingerprint density at radius 1 is 1.42 bits per heavy atom. The van der Waals surface area contributed by atoms with Crippen LogP contribution in [-0.2, 0) is 0 Å². The van der Waals surface area contributed by atoms with E-state index in [1.165, 1.54) is 18.2 Å². The number of nitrogens with two attached hydrogens (primary N) is 1. The van der Waals surface area contributed by atoms with E-state index in [4.69, 9.17) is 17.4 Å². The summed E-state index contributed by atoms with van der Waals surface area (Å²) in [5.74, 6) is 4.67. The molecule has 0 aromatic heterocycles. The second-order valence-electron chi connectivity index (χ2n) is 1.77. The molecule has 0 fully saturated rings. The summed E-state index contributed by atoms with van der Waals surface area (Å²) in [4.78, 5) is 0. The van der Waals surface area contributed by atoms with Gasteiger partial charge < -0.3 is 5.43 Å². The quantitative estimate of drug-likeness (QED) is 0.556. The van der Waals surface area contributed by atoms with E-state index in [0.29, 0.717) is 5.69 Å². The summed E-state index contributed by atoms with van der Waals surface area (Å²) < 4.78 is 12.3. The lowest BCUT2D eigenvalue weighted by atomic mass is 10.3. The lowest BCUT2D eigenvalue weighted by Gasteiger charge is -2.00. The number of anilines is 1. The molecular formula is C7H11Cl2FN2. The molecule has 1 aromatic rings. The molecule has 1 rings (SSSR count). The Morgan fingerprint density at radius 3 is 2.42 bits per heavy atom. The molecule has 0 unspecified atom stereocenters. The Labute approximate surface area is 82.3 Å². The monoisotopic (exact) mass is 212 g/mol. The summed E-state index contributed by atoms with van der Waals surface area (Å²) in [7, 11) is 0. The van der Waals surface area contributed by atoms with Crippen LogP contribution in [0.3, 0.4) is 0 Å². The molecule has 0 radical (unpaired) electrons. The molecular weight excluding hydrogens is 202 g/mol. The first kappa shape index (κ1) is 14.0. The largest absolute Gasteiger partial charge is 0.323 e. The zero-order valence-corrected chi connectivity index (χ0v) is 7.05. The van der Waals surface area contributed by atoms with Crippen LogP contribution in [0.5, 0.6) is 0 Å². The van der Waals surface area contributed by atoms with Gasteiger partial charge in [-0.25, -0.2) is 4.39 Å². The van der Waals surface area contributed by atoms with E-state index in [1.807, 2.05) is 0 Å². The Hall–Kier alpha value is -0.510. The van der Waals surface area contributed by atoms with Crippen molar-refractivity contribution in [1.82, 2.24) is 0 Å². The minimum absolute atomic E-state index is 0. The van der Waals surface area contributed by atoms with Crippen molar-refractivity contribution in [3.8, 4) is 0 Å². The van der Waals surface area contributed by atoms with Crippen LogP contribution in [0.4, 0.5) is 10.1 Å². The highest BCUT2D eigenvalue weighted by molar-refractivity contribution is 6.33. The molecule has 3 N–H and O–H groups in total. The van der Waals surface area contributed by atoms with Gasteiger partial charge in [0.2, 0.25) is 0 Å². The van der Waals surface area contributed by atoms with E-state index < -0.39 is 0 Å². The van der Waals surface area contributed by atoms with Gasteiger partial charge in [-0.3, -0.25) is 5.84 Å². The summed E-state index contributed by atoms with van der Waals surface area (Å²) in [6.07, 6.45) is 0. The van der Waals surface area contributed by atoms with Gasteiger partial charge in [-0.1, -0.05) is 19.0 Å². The first-order valence-electron chi connectivity index (χ1n) is 2.65. The molecule has 2 nitrogen and oxygen atoms in total. The molecule has 0 aliphatic carbocycles. The van der Waals surface area contributed by atoms with E-state index in [-0.39, 0.29) is 30.7 Å². The van der Waals surface area contributed by atoms with E-state index in [2.05, 4.69) is 5.43 Å². The molecule has 0 bridgehead atoms. The van der Waals surface area contributed by atoms with Crippen molar-refractivity contribution < 1.29 is 4.39 Å². The fraction of sp³-hybridized carbons (Fsp3) is 0.143. The molecule has 1 aromatic carbocycles. The number of halogens is 3. The molecule has 0 saturated carbocycles. The van der Waals surface area contributed by atoms with Gasteiger partial charge in [0, 0.05) is 0 Å². The molecule has 0 heterocycles. The third-order valence-corrected chi connectivity index (χ3v) is 1.40. The molecule has 5 heteroatoms. The van der Waals surface area contributed by atoms with Crippen molar-refractivity contribution in [3.05, 3.63) is 29.0 Å². The third kappa shape index (κ3) is 3.26. The zero-order valence-electron chi connectivity index (χ0n) is 5.47. The maximum Gasteiger partial charge on any atom is 0.124 e. The van der Waals surface area contributed by atoms with E-state index in [1.54, 1.807) is 0 Å². The van der Waals surface area contributed by atoms with Crippen molar-refractivity contribution in [2.75, 3.05) is 5.43 Å². The van der Waals surface area contributed by atoms with Gasteiger partial charge in [-0.15, -0.1) is 12.4 Å². The molecule has 0 atom stereocenters. The van der Waals surface area contributed by atoms with Crippen LogP contribution >= 0.6 is 24.0 Å². The molecule has 70 valence electrons. The SMILES string of the molecule is C.Cl.NNc1ccc(F)cc1Cl. The van der Waals surface area contributed by atoms with Crippen LogP contribution in [0.15, 0.2) is 18.2 Å². The number of hydrazine groups is 1. The minimum Gasteiger partial charge on any atom is -0.323 e. The van der Waals surface area contributed by atoms with Crippen LogP contribution in [0.25, 0.3) is 0 Å². The molecule has 0 saturated heterocycles. The average molecular weight is 213 g/mol. The normalized spacial score (nSPS) is 7.92. The Bertz CT molecular complexity index is 243. The summed E-state index contributed by atoms with van der Waals surface area (Å²) in [5.41, 5.74) is 2.84. The standard InChI is InChI=1S/C6H6ClFN2.CH4.ClH/c7-5-3-4(8)1-2-6(5)10-9;;/h1-3,10H,9H2;1H4;1H. The van der Waals surface area contributed by atoms with Crippen LogP contribution in [0, 0.1) is 5.82 Å². The van der Waals surface area contributed by atoms with Crippen molar-refractivity contribution in [2.45, 2.75) is 7.43 Å². The average Bonchev–Trinajstić information content (AvgIpc) is 1.88. The number of hydrogen-bond acceptors (Lipinski definition) is 2. The summed E-state index contributed by atoms with van der Waals surface area (Å²) >= 11 is 5.55.